The van der Waals surface area contributed by atoms with E-state index < -0.39 is 0 Å². The van der Waals surface area contributed by atoms with Crippen molar-refractivity contribution in [1.82, 2.24) is 5.06 Å². The Bertz CT molecular complexity index is 111. The second kappa shape index (κ2) is 1.96. The fraction of sp³-hybridized carbons (Fsp3) is 1.00. The molecular formula is C7H14NO. The van der Waals surface area contributed by atoms with Gasteiger partial charge in [-0.1, -0.05) is 0 Å². The molecule has 0 amide bonds. The maximum Gasteiger partial charge on any atom is 0.0441 e. The third-order valence-electron chi connectivity index (χ3n) is 2.17. The van der Waals surface area contributed by atoms with Crippen molar-refractivity contribution in [1.29, 1.82) is 0 Å². The molecule has 0 aromatic carbocycles. The second-order valence-electron chi connectivity index (χ2n) is 3.53. The molecular weight excluding hydrogens is 114 g/mol. The molecule has 9 heavy (non-hydrogen) atoms. The smallest absolute Gasteiger partial charge is 0.0441 e. The summed E-state index contributed by atoms with van der Waals surface area (Å²) in [6.45, 7) is 5.99. The fourth-order valence-electron chi connectivity index (χ4n) is 1.39. The van der Waals surface area contributed by atoms with Crippen molar-refractivity contribution in [2.75, 3.05) is 0 Å². The molecule has 1 fully saturated rings. The van der Waals surface area contributed by atoms with Crippen LogP contribution >= 0.6 is 0 Å². The number of hydrogen-bond donors (Lipinski definition) is 0. The predicted octanol–water partition coefficient (Wildman–Crippen LogP) is 1.59. The van der Waals surface area contributed by atoms with Crippen molar-refractivity contribution >= 4 is 0 Å². The van der Waals surface area contributed by atoms with Gasteiger partial charge in [-0.3, -0.25) is 0 Å². The molecule has 0 aromatic rings. The summed E-state index contributed by atoms with van der Waals surface area (Å²) >= 11 is 0. The van der Waals surface area contributed by atoms with E-state index in [4.69, 9.17) is 0 Å². The summed E-state index contributed by atoms with van der Waals surface area (Å²) in [6.07, 6.45) is 2.09. The summed E-state index contributed by atoms with van der Waals surface area (Å²) in [5, 5.41) is 12.4. The largest absolute Gasteiger partial charge is 0.147 e. The van der Waals surface area contributed by atoms with Crippen molar-refractivity contribution in [3.05, 3.63) is 0 Å². The molecule has 1 aliphatic heterocycles. The van der Waals surface area contributed by atoms with Crippen LogP contribution in [0.1, 0.15) is 33.6 Å². The Hall–Kier alpha value is -0.0800. The molecule has 1 heterocycles. The molecule has 0 saturated carbocycles. The van der Waals surface area contributed by atoms with Crippen molar-refractivity contribution < 1.29 is 5.21 Å². The Balaban J connectivity index is 2.62. The van der Waals surface area contributed by atoms with E-state index in [0.717, 1.165) is 12.8 Å². The lowest BCUT2D eigenvalue weighted by molar-refractivity contribution is -0.216. The molecule has 0 bridgehead atoms. The van der Waals surface area contributed by atoms with Gasteiger partial charge in [-0.25, -0.2) is 0 Å². The van der Waals surface area contributed by atoms with Crippen LogP contribution in [0.25, 0.3) is 0 Å². The molecule has 2 heteroatoms. The first-order valence-electron chi connectivity index (χ1n) is 3.50. The molecule has 1 atom stereocenters. The second-order valence-corrected chi connectivity index (χ2v) is 3.53. The Morgan fingerprint density at radius 1 is 1.56 bits per heavy atom. The van der Waals surface area contributed by atoms with E-state index >= 15 is 0 Å². The van der Waals surface area contributed by atoms with E-state index in [-0.39, 0.29) is 11.6 Å². The zero-order valence-electron chi connectivity index (χ0n) is 6.35. The van der Waals surface area contributed by atoms with Crippen LogP contribution in [0.3, 0.4) is 0 Å². The van der Waals surface area contributed by atoms with Crippen LogP contribution in [-0.4, -0.2) is 16.6 Å². The van der Waals surface area contributed by atoms with Gasteiger partial charge in [-0.05, 0) is 33.6 Å². The topological polar surface area (TPSA) is 23.1 Å². The molecule has 0 aromatic heterocycles. The first kappa shape index (κ1) is 7.03. The molecule has 1 radical (unpaired) electrons. The van der Waals surface area contributed by atoms with Crippen LogP contribution in [0.4, 0.5) is 0 Å². The first-order chi connectivity index (χ1) is 4.04. The van der Waals surface area contributed by atoms with Crippen LogP contribution in [0.5, 0.6) is 0 Å². The van der Waals surface area contributed by atoms with Crippen molar-refractivity contribution in [2.24, 2.45) is 0 Å². The van der Waals surface area contributed by atoms with E-state index in [9.17, 15) is 5.21 Å². The number of rotatable bonds is 0. The van der Waals surface area contributed by atoms with Crippen LogP contribution in [-0.2, 0) is 5.21 Å². The Kier molecular flexibility index (Phi) is 1.53. The molecule has 0 N–H and O–H groups in total. The van der Waals surface area contributed by atoms with Gasteiger partial charge in [0.2, 0.25) is 0 Å². The molecule has 1 aliphatic rings. The lowest BCUT2D eigenvalue weighted by atomic mass is 10.0. The van der Waals surface area contributed by atoms with Crippen molar-refractivity contribution in [3.63, 3.8) is 0 Å². The standard InChI is InChI=1S/C7H14NO/c1-6-4-5-7(2,3)8(6)9/h6H,4-5H2,1-3H3. The summed E-state index contributed by atoms with van der Waals surface area (Å²) < 4.78 is 0. The monoisotopic (exact) mass is 128 g/mol. The summed E-state index contributed by atoms with van der Waals surface area (Å²) in [5.41, 5.74) is -0.0978. The van der Waals surface area contributed by atoms with Gasteiger partial charge in [0.05, 0.1) is 0 Å². The van der Waals surface area contributed by atoms with E-state index in [2.05, 4.69) is 0 Å². The Morgan fingerprint density at radius 3 is 2.22 bits per heavy atom. The summed E-state index contributed by atoms with van der Waals surface area (Å²) in [4.78, 5) is 0. The van der Waals surface area contributed by atoms with Gasteiger partial charge in [0.25, 0.3) is 0 Å². The fourth-order valence-corrected chi connectivity index (χ4v) is 1.39. The highest BCUT2D eigenvalue weighted by Crippen LogP contribution is 2.30. The van der Waals surface area contributed by atoms with Gasteiger partial charge in [-0.15, -0.1) is 10.3 Å². The third kappa shape index (κ3) is 1.10. The van der Waals surface area contributed by atoms with Gasteiger partial charge >= 0.3 is 0 Å². The van der Waals surface area contributed by atoms with Crippen LogP contribution in [0, 0.1) is 0 Å². The maximum atomic E-state index is 11.1. The highest BCUT2D eigenvalue weighted by molar-refractivity contribution is 4.86. The highest BCUT2D eigenvalue weighted by atomic mass is 16.5. The van der Waals surface area contributed by atoms with Crippen molar-refractivity contribution in [3.8, 4) is 0 Å². The normalized spacial score (nSPS) is 35.3. The predicted molar refractivity (Wildman–Crippen MR) is 35.3 cm³/mol. The first-order valence-corrected chi connectivity index (χ1v) is 3.50. The van der Waals surface area contributed by atoms with Crippen LogP contribution in [0.15, 0.2) is 0 Å². The van der Waals surface area contributed by atoms with Crippen LogP contribution < -0.4 is 0 Å². The van der Waals surface area contributed by atoms with Gasteiger partial charge < -0.3 is 0 Å². The van der Waals surface area contributed by atoms with Gasteiger partial charge in [0.1, 0.15) is 0 Å². The number of hydrogen-bond acceptors (Lipinski definition) is 1. The molecule has 2 nitrogen and oxygen atoms in total. The van der Waals surface area contributed by atoms with E-state index in [1.54, 1.807) is 0 Å². The molecule has 0 aliphatic carbocycles. The SMILES string of the molecule is CC1CCC(C)(C)N1[O]. The lowest BCUT2D eigenvalue weighted by Crippen LogP contribution is -2.37. The summed E-state index contributed by atoms with van der Waals surface area (Å²) in [5.74, 6) is 0. The van der Waals surface area contributed by atoms with E-state index in [0.29, 0.717) is 0 Å². The average molecular weight is 128 g/mol. The summed E-state index contributed by atoms with van der Waals surface area (Å²) in [6, 6.07) is 0.236. The number of hydroxylamine groups is 2. The minimum absolute atomic E-state index is 0.0978. The van der Waals surface area contributed by atoms with Gasteiger partial charge in [0, 0.05) is 11.6 Å². The zero-order valence-corrected chi connectivity index (χ0v) is 6.35. The molecule has 53 valence electrons. The quantitative estimate of drug-likeness (QED) is 0.486. The van der Waals surface area contributed by atoms with E-state index in [1.165, 1.54) is 5.06 Å². The zero-order chi connectivity index (χ0) is 7.07. The van der Waals surface area contributed by atoms with Gasteiger partial charge in [0.15, 0.2) is 0 Å². The molecule has 0 spiro atoms. The highest BCUT2D eigenvalue weighted by Gasteiger charge is 2.37. The van der Waals surface area contributed by atoms with Crippen molar-refractivity contribution in [2.45, 2.75) is 45.2 Å². The average Bonchev–Trinajstić information content (AvgIpc) is 1.97. The Morgan fingerprint density at radius 2 is 2.11 bits per heavy atom. The van der Waals surface area contributed by atoms with E-state index in [1.807, 2.05) is 20.8 Å². The molecule has 1 saturated heterocycles. The molecule has 1 unspecified atom stereocenters. The third-order valence-corrected chi connectivity index (χ3v) is 2.17. The Labute approximate surface area is 56.4 Å². The van der Waals surface area contributed by atoms with Gasteiger partial charge in [-0.2, -0.15) is 0 Å². The minimum atomic E-state index is -0.0978. The summed E-state index contributed by atoms with van der Waals surface area (Å²) in [7, 11) is 0. The molecule has 1 rings (SSSR count). The lowest BCUT2D eigenvalue weighted by Gasteiger charge is -2.24. The maximum absolute atomic E-state index is 11.1. The van der Waals surface area contributed by atoms with Crippen LogP contribution in [0.2, 0.25) is 0 Å². The minimum Gasteiger partial charge on any atom is -0.147 e. The number of nitrogens with zero attached hydrogens (tertiary/aromatic N) is 1.